The van der Waals surface area contributed by atoms with E-state index in [4.69, 9.17) is 0 Å². The number of benzene rings is 2. The van der Waals surface area contributed by atoms with Gasteiger partial charge in [-0.15, -0.1) is 0 Å². The SMILES string of the molecule is CC.Cc1cc(C)c(O)c(C(CC(C)CC(C)(C)C)c2cccc(C)c2O)c1. The van der Waals surface area contributed by atoms with E-state index < -0.39 is 0 Å². The van der Waals surface area contributed by atoms with E-state index in [9.17, 15) is 10.2 Å². The van der Waals surface area contributed by atoms with Crippen LogP contribution < -0.4 is 0 Å². The van der Waals surface area contributed by atoms with Gasteiger partial charge in [0.25, 0.3) is 0 Å². The smallest absolute Gasteiger partial charge is 0.122 e. The molecule has 0 bridgehead atoms. The first-order valence-corrected chi connectivity index (χ1v) is 10.6. The summed E-state index contributed by atoms with van der Waals surface area (Å²) in [4.78, 5) is 0. The molecule has 2 nitrogen and oxygen atoms in total. The van der Waals surface area contributed by atoms with Gasteiger partial charge >= 0.3 is 0 Å². The van der Waals surface area contributed by atoms with E-state index in [1.54, 1.807) is 0 Å². The van der Waals surface area contributed by atoms with E-state index in [1.165, 1.54) is 0 Å². The van der Waals surface area contributed by atoms with Gasteiger partial charge in [-0.1, -0.05) is 77.4 Å². The highest BCUT2D eigenvalue weighted by Gasteiger charge is 2.26. The Hall–Kier alpha value is -1.96. The first kappa shape index (κ1) is 24.1. The van der Waals surface area contributed by atoms with E-state index in [1.807, 2.05) is 52.0 Å². The van der Waals surface area contributed by atoms with Crippen molar-refractivity contribution >= 4 is 0 Å². The molecule has 0 aliphatic heterocycles. The largest absolute Gasteiger partial charge is 0.507 e. The maximum Gasteiger partial charge on any atom is 0.122 e. The van der Waals surface area contributed by atoms with Crippen LogP contribution in [0.2, 0.25) is 0 Å². The van der Waals surface area contributed by atoms with Gasteiger partial charge in [-0.2, -0.15) is 0 Å². The zero-order valence-corrected chi connectivity index (χ0v) is 19.4. The topological polar surface area (TPSA) is 40.5 Å². The maximum atomic E-state index is 10.8. The number of phenolic OH excluding ortho intramolecular Hbond substituents is 2. The van der Waals surface area contributed by atoms with Gasteiger partial charge in [0.05, 0.1) is 0 Å². The molecule has 0 radical (unpaired) electrons. The average molecular weight is 385 g/mol. The normalized spacial score (nSPS) is 13.5. The highest BCUT2D eigenvalue weighted by Crippen LogP contribution is 2.43. The first-order chi connectivity index (χ1) is 13.0. The minimum absolute atomic E-state index is 0.0224. The number of phenols is 2. The highest BCUT2D eigenvalue weighted by atomic mass is 16.3. The molecule has 2 aromatic carbocycles. The summed E-state index contributed by atoms with van der Waals surface area (Å²) in [6.45, 7) is 19.0. The van der Waals surface area contributed by atoms with Crippen molar-refractivity contribution in [2.45, 2.75) is 81.1 Å². The molecule has 0 saturated heterocycles. The molecule has 0 spiro atoms. The fourth-order valence-electron chi connectivity index (χ4n) is 4.17. The van der Waals surface area contributed by atoms with Gasteiger partial charge in [0, 0.05) is 17.0 Å². The minimum Gasteiger partial charge on any atom is -0.507 e. The lowest BCUT2D eigenvalue weighted by Crippen LogP contribution is -2.15. The summed E-state index contributed by atoms with van der Waals surface area (Å²) in [5.74, 6) is 1.15. The van der Waals surface area contributed by atoms with E-state index in [2.05, 4.69) is 40.7 Å². The average Bonchev–Trinajstić information content (AvgIpc) is 2.59. The second-order valence-corrected chi connectivity index (χ2v) is 9.19. The second-order valence-electron chi connectivity index (χ2n) is 9.19. The summed E-state index contributed by atoms with van der Waals surface area (Å²) in [7, 11) is 0. The fourth-order valence-corrected chi connectivity index (χ4v) is 4.17. The molecule has 0 aliphatic carbocycles. The molecular weight excluding hydrogens is 344 g/mol. The summed E-state index contributed by atoms with van der Waals surface area (Å²) in [6, 6.07) is 9.98. The van der Waals surface area contributed by atoms with Crippen LogP contribution in [0.4, 0.5) is 0 Å². The molecule has 0 aromatic heterocycles. The number of hydrogen-bond acceptors (Lipinski definition) is 2. The zero-order chi connectivity index (χ0) is 21.6. The Morgan fingerprint density at radius 2 is 1.43 bits per heavy atom. The van der Waals surface area contributed by atoms with Crippen LogP contribution in [0.3, 0.4) is 0 Å². The molecule has 28 heavy (non-hydrogen) atoms. The van der Waals surface area contributed by atoms with Crippen LogP contribution >= 0.6 is 0 Å². The van der Waals surface area contributed by atoms with E-state index in [0.717, 1.165) is 40.7 Å². The molecule has 0 fully saturated rings. The molecule has 2 unspecified atom stereocenters. The molecule has 2 atom stereocenters. The van der Waals surface area contributed by atoms with Gasteiger partial charge in [-0.25, -0.2) is 0 Å². The Kier molecular flexibility index (Phi) is 8.60. The van der Waals surface area contributed by atoms with Crippen LogP contribution in [-0.2, 0) is 0 Å². The van der Waals surface area contributed by atoms with Crippen LogP contribution in [-0.4, -0.2) is 10.2 Å². The van der Waals surface area contributed by atoms with Crippen molar-refractivity contribution in [3.8, 4) is 11.5 Å². The van der Waals surface area contributed by atoms with Gasteiger partial charge in [0.15, 0.2) is 0 Å². The third-order valence-corrected chi connectivity index (χ3v) is 5.09. The molecule has 2 rings (SSSR count). The van der Waals surface area contributed by atoms with Crippen LogP contribution in [0.1, 0.15) is 88.1 Å². The number of aromatic hydroxyl groups is 2. The Morgan fingerprint density at radius 3 is 2.00 bits per heavy atom. The van der Waals surface area contributed by atoms with Gasteiger partial charge < -0.3 is 10.2 Å². The Morgan fingerprint density at radius 1 is 0.857 bits per heavy atom. The highest BCUT2D eigenvalue weighted by molar-refractivity contribution is 5.52. The monoisotopic (exact) mass is 384 g/mol. The van der Waals surface area contributed by atoms with Gasteiger partial charge in [-0.05, 0) is 56.1 Å². The van der Waals surface area contributed by atoms with Crippen molar-refractivity contribution in [2.75, 3.05) is 0 Å². The first-order valence-electron chi connectivity index (χ1n) is 10.6. The van der Waals surface area contributed by atoms with Gasteiger partial charge in [0.2, 0.25) is 0 Å². The molecule has 0 amide bonds. The third kappa shape index (κ3) is 6.29. The lowest BCUT2D eigenvalue weighted by molar-refractivity contribution is 0.289. The Labute approximate surface area is 172 Å². The number of hydrogen-bond donors (Lipinski definition) is 2. The molecule has 2 N–H and O–H groups in total. The molecule has 0 saturated carbocycles. The second kappa shape index (κ2) is 10.0. The summed E-state index contributed by atoms with van der Waals surface area (Å²) in [6.07, 6.45) is 1.99. The van der Waals surface area contributed by atoms with Crippen molar-refractivity contribution < 1.29 is 10.2 Å². The van der Waals surface area contributed by atoms with Crippen molar-refractivity contribution in [3.63, 3.8) is 0 Å². The van der Waals surface area contributed by atoms with Crippen LogP contribution in [0.5, 0.6) is 11.5 Å². The number of para-hydroxylation sites is 1. The molecule has 2 heteroatoms. The van der Waals surface area contributed by atoms with Crippen molar-refractivity contribution in [1.82, 2.24) is 0 Å². The fraction of sp³-hybridized carbons (Fsp3) is 0.538. The van der Waals surface area contributed by atoms with Crippen LogP contribution in [0.25, 0.3) is 0 Å². The third-order valence-electron chi connectivity index (χ3n) is 5.09. The standard InChI is InChI=1S/C24H34O2.C2H6/c1-15-11-18(4)23(26)21(12-15)20(13-16(2)14-24(5,6)7)19-10-8-9-17(3)22(19)25;1-2/h8-12,16,20,25-26H,13-14H2,1-7H3;1-2H3. The van der Waals surface area contributed by atoms with Crippen LogP contribution in [0, 0.1) is 32.1 Å². The summed E-state index contributed by atoms with van der Waals surface area (Å²) < 4.78 is 0. The predicted octanol–water partition coefficient (Wildman–Crippen LogP) is 7.64. The molecule has 156 valence electrons. The van der Waals surface area contributed by atoms with E-state index in [0.29, 0.717) is 17.4 Å². The van der Waals surface area contributed by atoms with Gasteiger partial charge in [0.1, 0.15) is 11.5 Å². The Balaban J connectivity index is 0.00000190. The van der Waals surface area contributed by atoms with E-state index in [-0.39, 0.29) is 11.3 Å². The Bertz CT molecular complexity index is 769. The molecule has 0 aliphatic rings. The van der Waals surface area contributed by atoms with Crippen molar-refractivity contribution in [3.05, 3.63) is 58.1 Å². The molecular formula is C26H40O2. The molecule has 0 heterocycles. The lowest BCUT2D eigenvalue weighted by Gasteiger charge is -2.28. The van der Waals surface area contributed by atoms with Gasteiger partial charge in [-0.3, -0.25) is 0 Å². The van der Waals surface area contributed by atoms with Crippen LogP contribution in [0.15, 0.2) is 30.3 Å². The maximum absolute atomic E-state index is 10.8. The van der Waals surface area contributed by atoms with Crippen molar-refractivity contribution in [2.24, 2.45) is 11.3 Å². The minimum atomic E-state index is -0.0224. The number of aryl methyl sites for hydroxylation is 3. The molecule has 2 aromatic rings. The van der Waals surface area contributed by atoms with E-state index >= 15 is 0 Å². The van der Waals surface area contributed by atoms with Crippen molar-refractivity contribution in [1.29, 1.82) is 0 Å². The summed E-state index contributed by atoms with van der Waals surface area (Å²) >= 11 is 0. The summed E-state index contributed by atoms with van der Waals surface area (Å²) in [5.41, 5.74) is 4.98. The zero-order valence-electron chi connectivity index (χ0n) is 19.4. The summed E-state index contributed by atoms with van der Waals surface area (Å²) in [5, 5.41) is 21.5. The predicted molar refractivity (Wildman–Crippen MR) is 121 cm³/mol. The lowest BCUT2D eigenvalue weighted by atomic mass is 9.77. The number of rotatable bonds is 5. The quantitative estimate of drug-likeness (QED) is 0.556.